The third-order valence-electron chi connectivity index (χ3n) is 6.65. The molecule has 2 heterocycles. The summed E-state index contributed by atoms with van der Waals surface area (Å²) in [7, 11) is 0. The average molecular weight is 484 g/mol. The molecular weight excluding hydrogens is 454 g/mol. The zero-order valence-electron chi connectivity index (χ0n) is 20.3. The third-order valence-corrected chi connectivity index (χ3v) is 6.65. The van der Waals surface area contributed by atoms with Crippen LogP contribution in [0, 0.1) is 5.92 Å². The van der Waals surface area contributed by atoms with Crippen LogP contribution in [0.15, 0.2) is 59.4 Å². The van der Waals surface area contributed by atoms with Crippen LogP contribution < -0.4 is 5.69 Å². The number of carbonyl (C=O) groups is 1. The number of aromatic amines is 1. The molecule has 0 spiro atoms. The molecular formula is C27H29N7O2. The molecule has 0 unspecified atom stereocenters. The molecule has 0 saturated heterocycles. The minimum atomic E-state index is -0.377. The fourth-order valence-corrected chi connectivity index (χ4v) is 4.68. The topological polar surface area (TPSA) is 111 Å². The van der Waals surface area contributed by atoms with Gasteiger partial charge in [0.2, 0.25) is 5.82 Å². The number of aromatic nitrogens is 7. The Morgan fingerprint density at radius 2 is 1.83 bits per heavy atom. The van der Waals surface area contributed by atoms with Crippen LogP contribution in [0.25, 0.3) is 28.6 Å². The summed E-state index contributed by atoms with van der Waals surface area (Å²) in [5.74, 6) is 0.745. The predicted octanol–water partition coefficient (Wildman–Crippen LogP) is 4.58. The second-order valence-electron chi connectivity index (χ2n) is 9.14. The molecule has 1 aliphatic rings. The predicted molar refractivity (Wildman–Crippen MR) is 137 cm³/mol. The zero-order valence-corrected chi connectivity index (χ0v) is 20.3. The fourth-order valence-electron chi connectivity index (χ4n) is 4.68. The van der Waals surface area contributed by atoms with Gasteiger partial charge in [-0.25, -0.2) is 4.79 Å². The van der Waals surface area contributed by atoms with Gasteiger partial charge < -0.3 is 0 Å². The molecule has 36 heavy (non-hydrogen) atoms. The first-order valence-electron chi connectivity index (χ1n) is 12.5. The van der Waals surface area contributed by atoms with E-state index in [1.54, 1.807) is 4.57 Å². The van der Waals surface area contributed by atoms with Crippen LogP contribution >= 0.6 is 0 Å². The van der Waals surface area contributed by atoms with Gasteiger partial charge in [-0.1, -0.05) is 74.7 Å². The quantitative estimate of drug-likeness (QED) is 0.412. The molecule has 0 radical (unpaired) electrons. The van der Waals surface area contributed by atoms with Crippen molar-refractivity contribution in [2.45, 2.75) is 52.0 Å². The molecule has 1 saturated carbocycles. The molecule has 0 amide bonds. The Morgan fingerprint density at radius 3 is 2.56 bits per heavy atom. The van der Waals surface area contributed by atoms with Gasteiger partial charge in [0, 0.05) is 11.5 Å². The molecule has 4 aromatic rings. The van der Waals surface area contributed by atoms with E-state index in [0.717, 1.165) is 65.5 Å². The summed E-state index contributed by atoms with van der Waals surface area (Å²) in [5.41, 5.74) is 3.51. The molecule has 9 heteroatoms. The summed E-state index contributed by atoms with van der Waals surface area (Å²) in [5, 5.41) is 18.6. The second-order valence-corrected chi connectivity index (χ2v) is 9.14. The highest BCUT2D eigenvalue weighted by Crippen LogP contribution is 2.26. The van der Waals surface area contributed by atoms with Gasteiger partial charge in [0.25, 0.3) is 5.91 Å². The Hall–Kier alpha value is -4.14. The molecule has 1 aliphatic carbocycles. The van der Waals surface area contributed by atoms with E-state index in [1.165, 1.54) is 0 Å². The minimum Gasteiger partial charge on any atom is -0.272 e. The molecule has 5 rings (SSSR count). The smallest absolute Gasteiger partial charge is 0.272 e. The van der Waals surface area contributed by atoms with E-state index < -0.39 is 0 Å². The summed E-state index contributed by atoms with van der Waals surface area (Å²) in [4.78, 5) is 26.3. The molecule has 0 aliphatic heterocycles. The number of benzene rings is 2. The summed E-state index contributed by atoms with van der Waals surface area (Å²) in [6, 6.07) is 16.0. The van der Waals surface area contributed by atoms with Crippen molar-refractivity contribution in [1.29, 1.82) is 0 Å². The number of tetrazole rings is 1. The van der Waals surface area contributed by atoms with Gasteiger partial charge in [-0.05, 0) is 53.3 Å². The molecule has 0 bridgehead atoms. The Morgan fingerprint density at radius 1 is 1.06 bits per heavy atom. The van der Waals surface area contributed by atoms with Crippen molar-refractivity contribution in [3.05, 3.63) is 76.5 Å². The lowest BCUT2D eigenvalue weighted by atomic mass is 9.89. The summed E-state index contributed by atoms with van der Waals surface area (Å²) in [6.45, 7) is 2.36. The Labute approximate surface area is 208 Å². The summed E-state index contributed by atoms with van der Waals surface area (Å²) in [6.07, 6.45) is 9.44. The highest BCUT2D eigenvalue weighted by Gasteiger charge is 2.26. The number of nitrogens with one attached hydrogen (secondary N) is 1. The standard InChI is InChI=1S/C27H29N7O2/c1-2-3-12-24-30-34(26(35)21-8-5-4-6-9-21)27(36)33(24)18-19-13-15-20(16-14-19)22-10-7-11-23(17-22)25-28-31-32-29-25/h3,7,10-17,21H,2,4-6,8-9,18H2,1H3,(H,28,29,31,32). The van der Waals surface area contributed by atoms with Gasteiger partial charge >= 0.3 is 5.69 Å². The maximum atomic E-state index is 13.3. The van der Waals surface area contributed by atoms with Crippen molar-refractivity contribution in [3.8, 4) is 22.5 Å². The number of hydrogen-bond acceptors (Lipinski definition) is 6. The van der Waals surface area contributed by atoms with Crippen LogP contribution in [0.2, 0.25) is 0 Å². The van der Waals surface area contributed by atoms with Crippen molar-refractivity contribution < 1.29 is 4.79 Å². The monoisotopic (exact) mass is 483 g/mol. The molecule has 184 valence electrons. The fraction of sp³-hybridized carbons (Fsp3) is 0.333. The maximum absolute atomic E-state index is 13.3. The first kappa shape index (κ1) is 23.6. The lowest BCUT2D eigenvalue weighted by Crippen LogP contribution is -2.34. The van der Waals surface area contributed by atoms with E-state index in [4.69, 9.17) is 0 Å². The number of H-pyrrole nitrogens is 1. The van der Waals surface area contributed by atoms with Crippen molar-refractivity contribution in [3.63, 3.8) is 0 Å². The van der Waals surface area contributed by atoms with Crippen molar-refractivity contribution in [2.75, 3.05) is 0 Å². The summed E-state index contributed by atoms with van der Waals surface area (Å²) >= 11 is 0. The number of hydrogen-bond donors (Lipinski definition) is 1. The van der Waals surface area contributed by atoms with Crippen LogP contribution in [0.5, 0.6) is 0 Å². The number of allylic oxidation sites excluding steroid dienone is 1. The molecule has 9 nitrogen and oxygen atoms in total. The Bertz CT molecular complexity index is 1410. The van der Waals surface area contributed by atoms with Crippen molar-refractivity contribution in [2.24, 2.45) is 5.92 Å². The highest BCUT2D eigenvalue weighted by molar-refractivity contribution is 5.80. The molecule has 0 atom stereocenters. The van der Waals surface area contributed by atoms with Gasteiger partial charge in [0.1, 0.15) is 0 Å². The van der Waals surface area contributed by atoms with E-state index in [-0.39, 0.29) is 17.5 Å². The average Bonchev–Trinajstić information content (AvgIpc) is 3.57. The Kier molecular flexibility index (Phi) is 6.97. The van der Waals surface area contributed by atoms with Gasteiger partial charge in [0.05, 0.1) is 6.54 Å². The summed E-state index contributed by atoms with van der Waals surface area (Å²) < 4.78 is 2.67. The maximum Gasteiger partial charge on any atom is 0.353 e. The number of rotatable bonds is 7. The van der Waals surface area contributed by atoms with Crippen LogP contribution in [-0.4, -0.2) is 40.9 Å². The van der Waals surface area contributed by atoms with Crippen LogP contribution in [0.3, 0.4) is 0 Å². The van der Waals surface area contributed by atoms with E-state index in [9.17, 15) is 9.59 Å². The third kappa shape index (κ3) is 4.95. The van der Waals surface area contributed by atoms with Crippen LogP contribution in [0.1, 0.15) is 61.6 Å². The van der Waals surface area contributed by atoms with E-state index in [2.05, 4.69) is 25.7 Å². The van der Waals surface area contributed by atoms with Gasteiger partial charge in [-0.2, -0.15) is 5.21 Å². The van der Waals surface area contributed by atoms with Crippen LogP contribution in [-0.2, 0) is 6.54 Å². The minimum absolute atomic E-state index is 0.120. The molecule has 2 aromatic carbocycles. The largest absolute Gasteiger partial charge is 0.353 e. The SMILES string of the molecule is CCC=Cc1nn(C(=O)C2CCCCC2)c(=O)n1Cc1ccc(-c2cccc(-c3nn[nH]n3)c2)cc1. The highest BCUT2D eigenvalue weighted by atomic mass is 16.2. The van der Waals surface area contributed by atoms with Crippen molar-refractivity contribution >= 4 is 12.0 Å². The molecule has 1 N–H and O–H groups in total. The number of nitrogens with zero attached hydrogens (tertiary/aromatic N) is 6. The van der Waals surface area contributed by atoms with Crippen LogP contribution in [0.4, 0.5) is 0 Å². The zero-order chi connectivity index (χ0) is 24.9. The van der Waals surface area contributed by atoms with E-state index >= 15 is 0 Å². The van der Waals surface area contributed by atoms with Crippen molar-refractivity contribution in [1.82, 2.24) is 35.0 Å². The number of carbonyl (C=O) groups excluding carboxylic acids is 1. The lowest BCUT2D eigenvalue weighted by Gasteiger charge is -2.19. The molecule has 2 aromatic heterocycles. The first-order chi connectivity index (χ1) is 17.6. The van der Waals surface area contributed by atoms with Gasteiger partial charge in [-0.3, -0.25) is 9.36 Å². The van der Waals surface area contributed by atoms with E-state index in [1.807, 2.05) is 67.6 Å². The van der Waals surface area contributed by atoms with Gasteiger partial charge in [0.15, 0.2) is 5.82 Å². The molecule has 1 fully saturated rings. The van der Waals surface area contributed by atoms with Gasteiger partial charge in [-0.15, -0.1) is 20.0 Å². The first-order valence-corrected chi connectivity index (χ1v) is 12.5. The van der Waals surface area contributed by atoms with E-state index in [0.29, 0.717) is 18.2 Å². The lowest BCUT2D eigenvalue weighted by molar-refractivity contribution is 0.0778. The normalized spacial score (nSPS) is 14.5. The second kappa shape index (κ2) is 10.6. The Balaban J connectivity index is 1.40.